The Balaban J connectivity index is 1.63. The number of halogens is 1. The van der Waals surface area contributed by atoms with Gasteiger partial charge in [0.15, 0.2) is 0 Å². The van der Waals surface area contributed by atoms with Crippen LogP contribution in [0.25, 0.3) is 0 Å². The van der Waals surface area contributed by atoms with Crippen LogP contribution in [0.4, 0.5) is 5.69 Å². The molecule has 0 aromatic heterocycles. The first kappa shape index (κ1) is 23.4. The van der Waals surface area contributed by atoms with Gasteiger partial charge in [0, 0.05) is 12.1 Å². The number of hydrogen-bond acceptors (Lipinski definition) is 5. The number of benzene rings is 3. The number of methoxy groups -OCH3 is 1. The van der Waals surface area contributed by atoms with Crippen LogP contribution in [0.3, 0.4) is 0 Å². The Kier molecular flexibility index (Phi) is 7.97. The fourth-order valence-corrected chi connectivity index (χ4v) is 4.46. The number of ether oxygens (including phenoxy) is 2. The number of para-hydroxylation sites is 3. The average molecular weight is 475 g/mol. The molecule has 0 aliphatic carbocycles. The monoisotopic (exact) mass is 474 g/mol. The van der Waals surface area contributed by atoms with Gasteiger partial charge in [0.05, 0.1) is 24.4 Å². The second-order valence-corrected chi connectivity index (χ2v) is 8.78. The summed E-state index contributed by atoms with van der Waals surface area (Å²) in [6, 6.07) is 20.1. The molecule has 0 aliphatic heterocycles. The number of carbonyl (C=O) groups is 1. The lowest BCUT2D eigenvalue weighted by Crippen LogP contribution is -2.26. The van der Waals surface area contributed by atoms with Gasteiger partial charge >= 0.3 is 0 Å². The molecule has 0 aliphatic rings. The highest BCUT2D eigenvalue weighted by atomic mass is 35.5. The van der Waals surface area contributed by atoms with Crippen LogP contribution in [0.1, 0.15) is 16.8 Å². The maximum Gasteiger partial charge on any atom is 0.263 e. The van der Waals surface area contributed by atoms with E-state index in [1.165, 1.54) is 25.3 Å². The molecule has 3 aromatic rings. The van der Waals surface area contributed by atoms with Crippen LogP contribution in [0, 0.1) is 0 Å². The minimum absolute atomic E-state index is 0.000194. The van der Waals surface area contributed by atoms with Gasteiger partial charge in [0.2, 0.25) is 0 Å². The van der Waals surface area contributed by atoms with Crippen LogP contribution in [0.15, 0.2) is 77.7 Å². The Hall–Kier alpha value is -3.23. The topological polar surface area (TPSA) is 93.7 Å². The van der Waals surface area contributed by atoms with Crippen molar-refractivity contribution in [3.63, 3.8) is 0 Å². The van der Waals surface area contributed by atoms with Gasteiger partial charge in [-0.3, -0.25) is 9.52 Å². The summed E-state index contributed by atoms with van der Waals surface area (Å²) in [5.74, 6) is 0.711. The number of hydrogen-bond donors (Lipinski definition) is 2. The summed E-state index contributed by atoms with van der Waals surface area (Å²) < 4.78 is 39.0. The molecule has 0 unspecified atom stereocenters. The Morgan fingerprint density at radius 1 is 1.00 bits per heavy atom. The summed E-state index contributed by atoms with van der Waals surface area (Å²) in [5.41, 5.74) is 0.443. The summed E-state index contributed by atoms with van der Waals surface area (Å²) in [4.78, 5) is 12.3. The molecule has 168 valence electrons. The van der Waals surface area contributed by atoms with Gasteiger partial charge in [-0.25, -0.2) is 8.42 Å². The number of nitrogens with one attached hydrogen (secondary N) is 2. The summed E-state index contributed by atoms with van der Waals surface area (Å²) in [5, 5.41) is 2.75. The Morgan fingerprint density at radius 2 is 1.72 bits per heavy atom. The molecule has 0 atom stereocenters. The van der Waals surface area contributed by atoms with Crippen molar-refractivity contribution < 1.29 is 22.7 Å². The highest BCUT2D eigenvalue weighted by molar-refractivity contribution is 7.92. The second-order valence-electron chi connectivity index (χ2n) is 6.72. The van der Waals surface area contributed by atoms with E-state index in [0.29, 0.717) is 25.3 Å². The lowest BCUT2D eigenvalue weighted by molar-refractivity contribution is 0.0951. The molecule has 0 saturated carbocycles. The van der Waals surface area contributed by atoms with Gasteiger partial charge in [-0.15, -0.1) is 0 Å². The van der Waals surface area contributed by atoms with E-state index in [-0.39, 0.29) is 21.2 Å². The Bertz CT molecular complexity index is 1170. The molecular weight excluding hydrogens is 452 g/mol. The van der Waals surface area contributed by atoms with Crippen molar-refractivity contribution in [2.45, 2.75) is 11.3 Å². The number of carbonyl (C=O) groups excluding carboxylic acids is 1. The first-order valence-corrected chi connectivity index (χ1v) is 11.7. The average Bonchev–Trinajstić information content (AvgIpc) is 2.79. The zero-order valence-electron chi connectivity index (χ0n) is 17.4. The van der Waals surface area contributed by atoms with E-state index in [1.54, 1.807) is 24.3 Å². The molecule has 7 nitrogen and oxygen atoms in total. The van der Waals surface area contributed by atoms with Gasteiger partial charge in [-0.05, 0) is 48.9 Å². The molecule has 1 amide bonds. The number of sulfonamides is 1. The molecule has 0 bridgehead atoms. The van der Waals surface area contributed by atoms with E-state index in [1.807, 2.05) is 30.3 Å². The van der Waals surface area contributed by atoms with Crippen molar-refractivity contribution in [3.8, 4) is 11.5 Å². The van der Waals surface area contributed by atoms with Crippen molar-refractivity contribution in [2.24, 2.45) is 0 Å². The van der Waals surface area contributed by atoms with E-state index in [0.717, 1.165) is 5.75 Å². The van der Waals surface area contributed by atoms with Crippen molar-refractivity contribution in [1.29, 1.82) is 0 Å². The van der Waals surface area contributed by atoms with Crippen LogP contribution >= 0.6 is 11.6 Å². The standard InChI is InChI=1S/C23H23ClN2O5S/c1-30-21-11-6-5-10-20(21)26-32(28,29)22-16-17(12-13-19(22)24)23(27)25-14-7-15-31-18-8-3-2-4-9-18/h2-6,8-13,16,26H,7,14-15H2,1H3,(H,25,27). The second kappa shape index (κ2) is 10.9. The summed E-state index contributed by atoms with van der Waals surface area (Å²) >= 11 is 6.13. The largest absolute Gasteiger partial charge is 0.495 e. The Morgan fingerprint density at radius 3 is 2.47 bits per heavy atom. The predicted octanol–water partition coefficient (Wildman–Crippen LogP) is 4.35. The smallest absolute Gasteiger partial charge is 0.263 e. The predicted molar refractivity (Wildman–Crippen MR) is 124 cm³/mol. The van der Waals surface area contributed by atoms with Crippen molar-refractivity contribution in [3.05, 3.63) is 83.4 Å². The molecule has 0 heterocycles. The number of anilines is 1. The number of amides is 1. The van der Waals surface area contributed by atoms with Crippen LogP contribution < -0.4 is 19.5 Å². The van der Waals surface area contributed by atoms with Crippen molar-refractivity contribution in [2.75, 3.05) is 25.0 Å². The zero-order valence-corrected chi connectivity index (χ0v) is 18.9. The zero-order chi connectivity index (χ0) is 23.0. The Labute approximate surface area is 192 Å². The first-order chi connectivity index (χ1) is 15.4. The lowest BCUT2D eigenvalue weighted by atomic mass is 10.2. The lowest BCUT2D eigenvalue weighted by Gasteiger charge is -2.13. The molecule has 0 saturated heterocycles. The molecule has 3 aromatic carbocycles. The normalized spacial score (nSPS) is 10.9. The van der Waals surface area contributed by atoms with Gasteiger partial charge in [0.25, 0.3) is 15.9 Å². The van der Waals surface area contributed by atoms with Crippen LogP contribution in [-0.2, 0) is 10.0 Å². The van der Waals surface area contributed by atoms with Gasteiger partial charge in [0.1, 0.15) is 16.4 Å². The molecule has 0 fully saturated rings. The third-order valence-corrected chi connectivity index (χ3v) is 6.30. The third-order valence-electron chi connectivity index (χ3n) is 4.45. The molecule has 2 N–H and O–H groups in total. The third kappa shape index (κ3) is 6.15. The maximum absolute atomic E-state index is 12.9. The molecule has 32 heavy (non-hydrogen) atoms. The van der Waals surface area contributed by atoms with E-state index in [4.69, 9.17) is 21.1 Å². The quantitative estimate of drug-likeness (QED) is 0.426. The van der Waals surface area contributed by atoms with E-state index >= 15 is 0 Å². The molecule has 0 spiro atoms. The highest BCUT2D eigenvalue weighted by Crippen LogP contribution is 2.29. The van der Waals surface area contributed by atoms with E-state index in [9.17, 15) is 13.2 Å². The van der Waals surface area contributed by atoms with Gasteiger partial charge in [-0.1, -0.05) is 41.9 Å². The van der Waals surface area contributed by atoms with Crippen LogP contribution in [0.5, 0.6) is 11.5 Å². The fraction of sp³-hybridized carbons (Fsp3) is 0.174. The maximum atomic E-state index is 12.9. The fourth-order valence-electron chi connectivity index (χ4n) is 2.86. The number of rotatable bonds is 10. The molecular formula is C23H23ClN2O5S. The van der Waals surface area contributed by atoms with Crippen LogP contribution in [0.2, 0.25) is 5.02 Å². The summed E-state index contributed by atoms with van der Waals surface area (Å²) in [6.07, 6.45) is 0.592. The molecule has 9 heteroatoms. The van der Waals surface area contributed by atoms with E-state index in [2.05, 4.69) is 10.0 Å². The van der Waals surface area contributed by atoms with Crippen molar-refractivity contribution >= 4 is 33.2 Å². The van der Waals surface area contributed by atoms with Gasteiger partial charge in [-0.2, -0.15) is 0 Å². The molecule has 3 rings (SSSR count). The minimum Gasteiger partial charge on any atom is -0.495 e. The summed E-state index contributed by atoms with van der Waals surface area (Å²) in [7, 11) is -2.61. The van der Waals surface area contributed by atoms with Crippen molar-refractivity contribution in [1.82, 2.24) is 5.32 Å². The highest BCUT2D eigenvalue weighted by Gasteiger charge is 2.21. The van der Waals surface area contributed by atoms with Gasteiger partial charge < -0.3 is 14.8 Å². The SMILES string of the molecule is COc1ccccc1NS(=O)(=O)c1cc(C(=O)NCCCOc2ccccc2)ccc1Cl. The molecule has 0 radical (unpaired) electrons. The van der Waals surface area contributed by atoms with Crippen LogP contribution in [-0.4, -0.2) is 34.6 Å². The summed E-state index contributed by atoms with van der Waals surface area (Å²) in [6.45, 7) is 0.809. The van der Waals surface area contributed by atoms with E-state index < -0.39 is 15.9 Å². The minimum atomic E-state index is -4.05. The first-order valence-electron chi connectivity index (χ1n) is 9.82.